The Kier molecular flexibility index (Phi) is 5.01. The normalized spacial score (nSPS) is 9.20. The highest BCUT2D eigenvalue weighted by molar-refractivity contribution is 6.55. The Labute approximate surface area is 97.2 Å². The van der Waals surface area contributed by atoms with Gasteiger partial charge in [0, 0.05) is 5.56 Å². The van der Waals surface area contributed by atoms with Gasteiger partial charge < -0.3 is 9.47 Å². The number of hydrogen-bond donors (Lipinski definition) is 0. The van der Waals surface area contributed by atoms with Gasteiger partial charge >= 0.3 is 0 Å². The van der Waals surface area contributed by atoms with Gasteiger partial charge in [-0.05, 0) is 6.07 Å². The van der Waals surface area contributed by atoms with E-state index in [1.165, 1.54) is 6.26 Å². The minimum absolute atomic E-state index is 0.0149. The molecule has 0 saturated carbocycles. The molecular weight excluding hydrogens is 239 g/mol. The van der Waals surface area contributed by atoms with Gasteiger partial charge in [0.2, 0.25) is 0 Å². The van der Waals surface area contributed by atoms with Crippen LogP contribution in [0.15, 0.2) is 35.0 Å². The lowest BCUT2D eigenvalue weighted by atomic mass is 10.2. The van der Waals surface area contributed by atoms with Crippen molar-refractivity contribution in [3.8, 4) is 5.75 Å². The molecule has 0 atom stereocenters. The topological polar surface area (TPSA) is 35.5 Å². The quantitative estimate of drug-likeness (QED) is 0.592. The Morgan fingerprint density at radius 3 is 2.73 bits per heavy atom. The average Bonchev–Trinajstić information content (AvgIpc) is 2.24. The van der Waals surface area contributed by atoms with Crippen molar-refractivity contribution in [2.75, 3.05) is 0 Å². The summed E-state index contributed by atoms with van der Waals surface area (Å²) in [5, 5.41) is 0. The minimum Gasteiger partial charge on any atom is -0.463 e. The molecule has 0 aliphatic heterocycles. The second kappa shape index (κ2) is 6.32. The molecule has 0 bridgehead atoms. The molecule has 0 fully saturated rings. The Morgan fingerprint density at radius 2 is 2.07 bits per heavy atom. The molecule has 0 saturated heterocycles. The molecule has 3 nitrogen and oxygen atoms in total. The van der Waals surface area contributed by atoms with E-state index >= 15 is 0 Å². The summed E-state index contributed by atoms with van der Waals surface area (Å²) in [5.74, 6) is 0.540. The molecule has 0 unspecified atom stereocenters. The van der Waals surface area contributed by atoms with Crippen LogP contribution >= 0.6 is 23.2 Å². The first kappa shape index (κ1) is 11.9. The molecule has 0 aliphatic rings. The van der Waals surface area contributed by atoms with E-state index in [0.29, 0.717) is 12.2 Å². The molecule has 5 heteroatoms. The maximum Gasteiger partial charge on any atom is 0.293 e. The van der Waals surface area contributed by atoms with Crippen molar-refractivity contribution in [2.24, 2.45) is 0 Å². The van der Waals surface area contributed by atoms with E-state index < -0.39 is 0 Å². The lowest BCUT2D eigenvalue weighted by Crippen LogP contribution is -1.94. The molecule has 0 radical (unpaired) electrons. The molecule has 80 valence electrons. The van der Waals surface area contributed by atoms with E-state index in [1.54, 1.807) is 18.2 Å². The third-order valence-electron chi connectivity index (χ3n) is 1.55. The summed E-state index contributed by atoms with van der Waals surface area (Å²) in [6.45, 7) is 0.522. The fourth-order valence-corrected chi connectivity index (χ4v) is 1.06. The summed E-state index contributed by atoms with van der Waals surface area (Å²) in [6.07, 6.45) is 1.20. The van der Waals surface area contributed by atoms with E-state index in [1.807, 2.05) is 6.07 Å². The summed E-state index contributed by atoms with van der Waals surface area (Å²) >= 11 is 10.8. The SMILES string of the molecule is O=COCc1ccccc1OC=C(Cl)Cl. The summed E-state index contributed by atoms with van der Waals surface area (Å²) in [5.41, 5.74) is 0.732. The standard InChI is InChI=1S/C10H8Cl2O3/c11-10(12)6-15-9-4-2-1-3-8(9)5-14-7-13/h1-4,6-7H,5H2. The Morgan fingerprint density at radius 1 is 1.33 bits per heavy atom. The van der Waals surface area contributed by atoms with Crippen molar-refractivity contribution < 1.29 is 14.3 Å². The van der Waals surface area contributed by atoms with Crippen LogP contribution in [0.2, 0.25) is 0 Å². The highest BCUT2D eigenvalue weighted by Crippen LogP contribution is 2.20. The number of carbonyl (C=O) groups excluding carboxylic acids is 1. The molecule has 1 rings (SSSR count). The van der Waals surface area contributed by atoms with Gasteiger partial charge in [-0.15, -0.1) is 0 Å². The number of rotatable bonds is 5. The second-order valence-corrected chi connectivity index (χ2v) is 3.55. The average molecular weight is 247 g/mol. The second-order valence-electron chi connectivity index (χ2n) is 2.54. The van der Waals surface area contributed by atoms with Crippen LogP contribution in [-0.4, -0.2) is 6.47 Å². The maximum atomic E-state index is 10.0. The lowest BCUT2D eigenvalue weighted by molar-refractivity contribution is -0.129. The van der Waals surface area contributed by atoms with Crippen molar-refractivity contribution in [1.82, 2.24) is 0 Å². The van der Waals surface area contributed by atoms with E-state index in [4.69, 9.17) is 27.9 Å². The van der Waals surface area contributed by atoms with Gasteiger partial charge in [0.25, 0.3) is 6.47 Å². The Bertz CT molecular complexity index is 359. The van der Waals surface area contributed by atoms with Crippen LogP contribution in [0, 0.1) is 0 Å². The number of para-hydroxylation sites is 1. The zero-order chi connectivity index (χ0) is 11.1. The fourth-order valence-electron chi connectivity index (χ4n) is 0.970. The van der Waals surface area contributed by atoms with Crippen LogP contribution in [0.5, 0.6) is 5.75 Å². The van der Waals surface area contributed by atoms with Crippen LogP contribution in [0.4, 0.5) is 0 Å². The third-order valence-corrected chi connectivity index (χ3v) is 1.73. The van der Waals surface area contributed by atoms with Crippen molar-refractivity contribution in [3.05, 3.63) is 40.6 Å². The van der Waals surface area contributed by atoms with Gasteiger partial charge in [-0.3, -0.25) is 4.79 Å². The molecule has 0 N–H and O–H groups in total. The van der Waals surface area contributed by atoms with Crippen molar-refractivity contribution in [3.63, 3.8) is 0 Å². The molecule has 1 aromatic rings. The summed E-state index contributed by atoms with van der Waals surface area (Å²) < 4.78 is 9.81. The molecule has 15 heavy (non-hydrogen) atoms. The number of benzene rings is 1. The van der Waals surface area contributed by atoms with Gasteiger partial charge in [-0.2, -0.15) is 0 Å². The van der Waals surface area contributed by atoms with Crippen LogP contribution in [0.1, 0.15) is 5.56 Å². The largest absolute Gasteiger partial charge is 0.463 e. The lowest BCUT2D eigenvalue weighted by Gasteiger charge is -2.06. The van der Waals surface area contributed by atoms with Crippen LogP contribution in [-0.2, 0) is 16.1 Å². The van der Waals surface area contributed by atoms with Gasteiger partial charge in [-0.25, -0.2) is 0 Å². The summed E-state index contributed by atoms with van der Waals surface area (Å²) in [4.78, 5) is 10.0. The van der Waals surface area contributed by atoms with Gasteiger partial charge in [0.1, 0.15) is 23.1 Å². The smallest absolute Gasteiger partial charge is 0.293 e. The highest BCUT2D eigenvalue weighted by Gasteiger charge is 2.02. The van der Waals surface area contributed by atoms with Crippen LogP contribution in [0.3, 0.4) is 0 Å². The molecule has 1 aromatic carbocycles. The number of halogens is 2. The van der Waals surface area contributed by atoms with E-state index in [0.717, 1.165) is 5.56 Å². The first-order valence-corrected chi connectivity index (χ1v) is 4.80. The fraction of sp³-hybridized carbons (Fsp3) is 0.100. The zero-order valence-electron chi connectivity index (χ0n) is 7.65. The third kappa shape index (κ3) is 4.23. The van der Waals surface area contributed by atoms with Gasteiger partial charge in [0.05, 0.1) is 0 Å². The molecule has 0 heterocycles. The van der Waals surface area contributed by atoms with Crippen molar-refractivity contribution >= 4 is 29.7 Å². The number of ether oxygens (including phenoxy) is 2. The van der Waals surface area contributed by atoms with Crippen molar-refractivity contribution in [2.45, 2.75) is 6.61 Å². The predicted octanol–water partition coefficient (Wildman–Crippen LogP) is 3.01. The van der Waals surface area contributed by atoms with Gasteiger partial charge in [-0.1, -0.05) is 41.4 Å². The minimum atomic E-state index is 0.0149. The molecule has 0 aromatic heterocycles. The molecule has 0 spiro atoms. The van der Waals surface area contributed by atoms with Gasteiger partial charge in [0.15, 0.2) is 0 Å². The molecule has 0 amide bonds. The monoisotopic (exact) mass is 246 g/mol. The number of carbonyl (C=O) groups is 1. The van der Waals surface area contributed by atoms with E-state index in [-0.39, 0.29) is 11.1 Å². The summed E-state index contributed by atoms with van der Waals surface area (Å²) in [7, 11) is 0. The van der Waals surface area contributed by atoms with E-state index in [2.05, 4.69) is 4.74 Å². The Hall–Kier alpha value is -1.19. The Balaban J connectivity index is 2.76. The molecular formula is C10H8Cl2O3. The first-order chi connectivity index (χ1) is 7.24. The number of hydrogen-bond acceptors (Lipinski definition) is 3. The van der Waals surface area contributed by atoms with Crippen LogP contribution in [0.25, 0.3) is 0 Å². The summed E-state index contributed by atoms with van der Waals surface area (Å²) in [6, 6.07) is 7.09. The molecule has 0 aliphatic carbocycles. The highest BCUT2D eigenvalue weighted by atomic mass is 35.5. The van der Waals surface area contributed by atoms with Crippen LogP contribution < -0.4 is 4.74 Å². The van der Waals surface area contributed by atoms with E-state index in [9.17, 15) is 4.79 Å². The maximum absolute atomic E-state index is 10.0. The first-order valence-electron chi connectivity index (χ1n) is 4.05. The van der Waals surface area contributed by atoms with Crippen molar-refractivity contribution in [1.29, 1.82) is 0 Å². The zero-order valence-corrected chi connectivity index (χ0v) is 9.16. The predicted molar refractivity (Wildman–Crippen MR) is 57.7 cm³/mol.